The zero-order chi connectivity index (χ0) is 21.1. The molecule has 0 saturated carbocycles. The lowest BCUT2D eigenvalue weighted by molar-refractivity contribution is -0.137. The number of nitrogens with zero attached hydrogens (tertiary/aromatic N) is 5. The molecule has 30 heavy (non-hydrogen) atoms. The van der Waals surface area contributed by atoms with E-state index in [4.69, 9.17) is 0 Å². The Hall–Kier alpha value is -3.04. The molecular weight excluding hydrogens is 397 g/mol. The molecule has 1 aromatic heterocycles. The Bertz CT molecular complexity index is 892. The first-order valence-corrected chi connectivity index (χ1v) is 9.96. The quantitative estimate of drug-likeness (QED) is 0.824. The van der Waals surface area contributed by atoms with Crippen molar-refractivity contribution in [3.63, 3.8) is 0 Å². The fourth-order valence-electron chi connectivity index (χ4n) is 3.70. The van der Waals surface area contributed by atoms with Crippen LogP contribution in [0.2, 0.25) is 0 Å². The summed E-state index contributed by atoms with van der Waals surface area (Å²) < 4.78 is 38.5. The Morgan fingerprint density at radius 3 is 2.40 bits per heavy atom. The Balaban J connectivity index is 1.34. The molecule has 2 aliphatic rings. The van der Waals surface area contributed by atoms with E-state index in [1.54, 1.807) is 11.1 Å². The number of aromatic nitrogens is 2. The molecule has 7 nitrogen and oxygen atoms in total. The first kappa shape index (κ1) is 20.2. The summed E-state index contributed by atoms with van der Waals surface area (Å²) >= 11 is 0. The van der Waals surface area contributed by atoms with Crippen molar-refractivity contribution < 1.29 is 18.0 Å². The molecule has 0 bridgehead atoms. The van der Waals surface area contributed by atoms with E-state index < -0.39 is 17.8 Å². The Kier molecular flexibility index (Phi) is 5.65. The molecule has 160 valence electrons. The average Bonchev–Trinajstić information content (AvgIpc) is 3.29. The van der Waals surface area contributed by atoms with Gasteiger partial charge in [-0.05, 0) is 37.1 Å². The van der Waals surface area contributed by atoms with E-state index in [0.29, 0.717) is 26.2 Å². The molecule has 0 unspecified atom stereocenters. The number of carbonyl (C=O) groups is 1. The maximum Gasteiger partial charge on any atom is 0.416 e. The molecule has 2 saturated heterocycles. The van der Waals surface area contributed by atoms with Gasteiger partial charge in [-0.1, -0.05) is 6.07 Å². The highest BCUT2D eigenvalue weighted by molar-refractivity contribution is 5.89. The second-order valence-corrected chi connectivity index (χ2v) is 7.39. The lowest BCUT2D eigenvalue weighted by atomic mass is 10.2. The third-order valence-electron chi connectivity index (χ3n) is 5.35. The van der Waals surface area contributed by atoms with E-state index in [9.17, 15) is 18.0 Å². The number of alkyl halides is 3. The van der Waals surface area contributed by atoms with Gasteiger partial charge < -0.3 is 20.0 Å². The summed E-state index contributed by atoms with van der Waals surface area (Å²) in [6, 6.07) is 6.10. The van der Waals surface area contributed by atoms with Crippen molar-refractivity contribution in [2.45, 2.75) is 19.0 Å². The zero-order valence-electron chi connectivity index (χ0n) is 16.4. The van der Waals surface area contributed by atoms with Gasteiger partial charge in [-0.15, -0.1) is 0 Å². The van der Waals surface area contributed by atoms with Gasteiger partial charge in [0.05, 0.1) is 5.56 Å². The number of amides is 2. The zero-order valence-corrected chi connectivity index (χ0v) is 16.4. The lowest BCUT2D eigenvalue weighted by Gasteiger charge is -2.35. The van der Waals surface area contributed by atoms with Gasteiger partial charge >= 0.3 is 12.2 Å². The summed E-state index contributed by atoms with van der Waals surface area (Å²) in [6.45, 7) is 4.01. The second-order valence-electron chi connectivity index (χ2n) is 7.39. The summed E-state index contributed by atoms with van der Waals surface area (Å²) in [5.41, 5.74) is -0.661. The van der Waals surface area contributed by atoms with Crippen LogP contribution in [0.4, 0.5) is 35.4 Å². The highest BCUT2D eigenvalue weighted by atomic mass is 19.4. The van der Waals surface area contributed by atoms with Crippen LogP contribution in [0.15, 0.2) is 36.5 Å². The minimum absolute atomic E-state index is 0.128. The maximum atomic E-state index is 12.8. The van der Waals surface area contributed by atoms with Gasteiger partial charge in [0.1, 0.15) is 5.82 Å². The SMILES string of the molecule is O=C(Nc1cccc(C(F)(F)F)c1)N1CCN(c2ccnc(N3CCCC3)n2)CC1. The molecule has 2 fully saturated rings. The number of carbonyl (C=O) groups excluding carboxylic acids is 1. The number of piperazine rings is 1. The molecule has 2 aromatic rings. The van der Waals surface area contributed by atoms with E-state index in [-0.39, 0.29) is 5.69 Å². The Morgan fingerprint density at radius 2 is 1.70 bits per heavy atom. The van der Waals surface area contributed by atoms with Crippen LogP contribution in [0.1, 0.15) is 18.4 Å². The molecule has 1 aromatic carbocycles. The van der Waals surface area contributed by atoms with Crippen LogP contribution in [-0.4, -0.2) is 60.2 Å². The number of hydrogen-bond acceptors (Lipinski definition) is 5. The van der Waals surface area contributed by atoms with Crippen LogP contribution in [0.3, 0.4) is 0 Å². The molecule has 0 spiro atoms. The summed E-state index contributed by atoms with van der Waals surface area (Å²) in [5.74, 6) is 1.56. The fourth-order valence-corrected chi connectivity index (χ4v) is 3.70. The largest absolute Gasteiger partial charge is 0.416 e. The molecule has 4 rings (SSSR count). The second kappa shape index (κ2) is 8.37. The molecule has 2 amide bonds. The van der Waals surface area contributed by atoms with Crippen molar-refractivity contribution >= 4 is 23.5 Å². The number of urea groups is 1. The van der Waals surface area contributed by atoms with Gasteiger partial charge in [0.15, 0.2) is 0 Å². The number of halogens is 3. The fraction of sp³-hybridized carbons (Fsp3) is 0.450. The molecule has 3 heterocycles. The van der Waals surface area contributed by atoms with Crippen LogP contribution in [0, 0.1) is 0 Å². The van der Waals surface area contributed by atoms with Crippen LogP contribution in [0.5, 0.6) is 0 Å². The Morgan fingerprint density at radius 1 is 0.967 bits per heavy atom. The summed E-state index contributed by atoms with van der Waals surface area (Å²) in [4.78, 5) is 27.4. The van der Waals surface area contributed by atoms with Crippen molar-refractivity contribution in [3.05, 3.63) is 42.1 Å². The smallest absolute Gasteiger partial charge is 0.353 e. The van der Waals surface area contributed by atoms with Gasteiger partial charge in [0.25, 0.3) is 0 Å². The summed E-state index contributed by atoms with van der Waals surface area (Å²) in [7, 11) is 0. The van der Waals surface area contributed by atoms with Crippen molar-refractivity contribution in [2.75, 3.05) is 54.4 Å². The highest BCUT2D eigenvalue weighted by Gasteiger charge is 2.31. The number of benzene rings is 1. The monoisotopic (exact) mass is 420 g/mol. The van der Waals surface area contributed by atoms with Crippen molar-refractivity contribution in [2.24, 2.45) is 0 Å². The molecule has 0 aliphatic carbocycles. The molecule has 10 heteroatoms. The number of anilines is 3. The number of hydrogen-bond donors (Lipinski definition) is 1. The van der Waals surface area contributed by atoms with Crippen LogP contribution >= 0.6 is 0 Å². The first-order chi connectivity index (χ1) is 14.4. The molecule has 0 atom stereocenters. The third kappa shape index (κ3) is 4.58. The van der Waals surface area contributed by atoms with Crippen LogP contribution < -0.4 is 15.1 Å². The van der Waals surface area contributed by atoms with Gasteiger partial charge in [0, 0.05) is 51.2 Å². The number of nitrogens with one attached hydrogen (secondary N) is 1. The van der Waals surface area contributed by atoms with Crippen LogP contribution in [-0.2, 0) is 6.18 Å². The van der Waals surface area contributed by atoms with Gasteiger partial charge in [-0.3, -0.25) is 0 Å². The summed E-state index contributed by atoms with van der Waals surface area (Å²) in [6.07, 6.45) is -0.402. The molecule has 0 radical (unpaired) electrons. The van der Waals surface area contributed by atoms with E-state index in [2.05, 4.69) is 25.1 Å². The van der Waals surface area contributed by atoms with E-state index in [1.807, 2.05) is 6.07 Å². The maximum absolute atomic E-state index is 12.8. The van der Waals surface area contributed by atoms with Gasteiger partial charge in [-0.2, -0.15) is 18.2 Å². The predicted octanol–water partition coefficient (Wildman–Crippen LogP) is 3.45. The van der Waals surface area contributed by atoms with Gasteiger partial charge in [0.2, 0.25) is 5.95 Å². The lowest BCUT2D eigenvalue weighted by Crippen LogP contribution is -2.50. The van der Waals surface area contributed by atoms with Crippen molar-refractivity contribution in [1.82, 2.24) is 14.9 Å². The summed E-state index contributed by atoms with van der Waals surface area (Å²) in [5, 5.41) is 2.56. The topological polar surface area (TPSA) is 64.6 Å². The van der Waals surface area contributed by atoms with Crippen molar-refractivity contribution in [3.8, 4) is 0 Å². The molecule has 2 aliphatic heterocycles. The van der Waals surface area contributed by atoms with Crippen molar-refractivity contribution in [1.29, 1.82) is 0 Å². The first-order valence-electron chi connectivity index (χ1n) is 9.96. The average molecular weight is 420 g/mol. The molecule has 1 N–H and O–H groups in total. The van der Waals surface area contributed by atoms with E-state index in [1.165, 1.54) is 12.1 Å². The normalized spacial score (nSPS) is 17.4. The predicted molar refractivity (Wildman–Crippen MR) is 108 cm³/mol. The van der Waals surface area contributed by atoms with E-state index in [0.717, 1.165) is 49.8 Å². The molecular formula is C20H23F3N6O. The van der Waals surface area contributed by atoms with Gasteiger partial charge in [-0.25, -0.2) is 9.78 Å². The highest BCUT2D eigenvalue weighted by Crippen LogP contribution is 2.30. The van der Waals surface area contributed by atoms with E-state index >= 15 is 0 Å². The minimum Gasteiger partial charge on any atom is -0.353 e. The number of rotatable bonds is 3. The Labute approximate surface area is 172 Å². The minimum atomic E-state index is -4.45. The third-order valence-corrected chi connectivity index (χ3v) is 5.35. The standard InChI is InChI=1S/C20H23F3N6O/c21-20(22,23)15-4-3-5-16(14-15)25-19(30)29-12-10-27(11-13-29)17-6-7-24-18(26-17)28-8-1-2-9-28/h3-7,14H,1-2,8-13H2,(H,25,30). The van der Waals surface area contributed by atoms with Crippen LogP contribution in [0.25, 0.3) is 0 Å².